The number of benzene rings is 2. The van der Waals surface area contributed by atoms with E-state index in [4.69, 9.17) is 9.47 Å². The van der Waals surface area contributed by atoms with Crippen LogP contribution in [-0.4, -0.2) is 30.7 Å². The zero-order chi connectivity index (χ0) is 16.9. The largest absolute Gasteiger partial charge is 0.496 e. The molecule has 24 heavy (non-hydrogen) atoms. The summed E-state index contributed by atoms with van der Waals surface area (Å²) in [7, 11) is 3.52. The Morgan fingerprint density at radius 1 is 1.04 bits per heavy atom. The third-order valence-corrected chi connectivity index (χ3v) is 3.64. The monoisotopic (exact) mass is 324 g/mol. The van der Waals surface area contributed by atoms with Gasteiger partial charge in [-0.3, -0.25) is 0 Å². The summed E-state index contributed by atoms with van der Waals surface area (Å²) < 4.78 is 11.1. The molecular formula is C18H20N4O2. The number of ether oxygens (including phenoxy) is 2. The molecule has 0 aliphatic heterocycles. The van der Waals surface area contributed by atoms with E-state index in [1.165, 1.54) is 6.33 Å². The smallest absolute Gasteiger partial charge is 0.145 e. The van der Waals surface area contributed by atoms with Crippen LogP contribution in [0.5, 0.6) is 11.5 Å². The minimum absolute atomic E-state index is 0.586. The number of rotatable bonds is 6. The van der Waals surface area contributed by atoms with Crippen molar-refractivity contribution in [2.24, 2.45) is 0 Å². The summed E-state index contributed by atoms with van der Waals surface area (Å²) in [6.07, 6.45) is 1.53. The van der Waals surface area contributed by atoms with E-state index in [2.05, 4.69) is 20.6 Å². The number of nitrogens with zero attached hydrogens (tertiary/aromatic N) is 2. The molecule has 0 radical (unpaired) electrons. The molecule has 6 heteroatoms. The highest BCUT2D eigenvalue weighted by molar-refractivity contribution is 5.96. The Kier molecular flexibility index (Phi) is 4.65. The lowest BCUT2D eigenvalue weighted by Gasteiger charge is -2.13. The Labute approximate surface area is 140 Å². The topological polar surface area (TPSA) is 68.3 Å². The summed E-state index contributed by atoms with van der Waals surface area (Å²) in [5.41, 5.74) is 2.75. The van der Waals surface area contributed by atoms with Crippen LogP contribution < -0.4 is 20.1 Å². The molecule has 6 nitrogen and oxygen atoms in total. The molecule has 3 aromatic rings. The Hall–Kier alpha value is -3.02. The SMILES string of the molecule is CCOc1cc(OC)c2c(Nc3ccc(NC)cc3)ncnc2c1. The summed E-state index contributed by atoms with van der Waals surface area (Å²) in [5, 5.41) is 7.24. The van der Waals surface area contributed by atoms with Crippen LogP contribution in [0.2, 0.25) is 0 Å². The van der Waals surface area contributed by atoms with Crippen LogP contribution >= 0.6 is 0 Å². The van der Waals surface area contributed by atoms with E-state index in [1.807, 2.05) is 50.4 Å². The first-order valence-electron chi connectivity index (χ1n) is 7.75. The van der Waals surface area contributed by atoms with E-state index >= 15 is 0 Å². The first-order valence-corrected chi connectivity index (χ1v) is 7.75. The van der Waals surface area contributed by atoms with Gasteiger partial charge in [0.1, 0.15) is 23.6 Å². The van der Waals surface area contributed by atoms with Gasteiger partial charge in [-0.1, -0.05) is 0 Å². The maximum Gasteiger partial charge on any atom is 0.145 e. The molecule has 0 bridgehead atoms. The van der Waals surface area contributed by atoms with Crippen molar-refractivity contribution >= 4 is 28.1 Å². The van der Waals surface area contributed by atoms with Crippen LogP contribution in [0, 0.1) is 0 Å². The number of anilines is 3. The molecule has 0 amide bonds. The third kappa shape index (κ3) is 3.17. The van der Waals surface area contributed by atoms with Gasteiger partial charge in [-0.2, -0.15) is 0 Å². The first-order chi connectivity index (χ1) is 11.7. The second-order valence-corrected chi connectivity index (χ2v) is 5.13. The van der Waals surface area contributed by atoms with Gasteiger partial charge >= 0.3 is 0 Å². The van der Waals surface area contributed by atoms with Gasteiger partial charge in [-0.15, -0.1) is 0 Å². The van der Waals surface area contributed by atoms with E-state index < -0.39 is 0 Å². The molecular weight excluding hydrogens is 304 g/mol. The van der Waals surface area contributed by atoms with Crippen LogP contribution in [-0.2, 0) is 0 Å². The summed E-state index contributed by atoms with van der Waals surface area (Å²) in [4.78, 5) is 8.71. The lowest BCUT2D eigenvalue weighted by Crippen LogP contribution is -1.99. The van der Waals surface area contributed by atoms with E-state index in [9.17, 15) is 0 Å². The minimum atomic E-state index is 0.586. The lowest BCUT2D eigenvalue weighted by molar-refractivity contribution is 0.337. The van der Waals surface area contributed by atoms with E-state index in [0.717, 1.165) is 28.0 Å². The fourth-order valence-corrected chi connectivity index (χ4v) is 2.49. The van der Waals surface area contributed by atoms with Gasteiger partial charge in [0, 0.05) is 30.6 Å². The number of nitrogens with one attached hydrogen (secondary N) is 2. The quantitative estimate of drug-likeness (QED) is 0.718. The standard InChI is InChI=1S/C18H20N4O2/c1-4-24-14-9-15-17(16(10-14)23-3)18(21-11-20-15)22-13-7-5-12(19-2)6-8-13/h5-11,19H,4H2,1-3H3,(H,20,21,22). The van der Waals surface area contributed by atoms with Crippen LogP contribution in [0.1, 0.15) is 6.92 Å². The average molecular weight is 324 g/mol. The molecule has 2 aromatic carbocycles. The van der Waals surface area contributed by atoms with Crippen molar-refractivity contribution in [1.82, 2.24) is 9.97 Å². The molecule has 0 unspecified atom stereocenters. The lowest BCUT2D eigenvalue weighted by atomic mass is 10.2. The molecule has 3 rings (SSSR count). The molecule has 0 saturated carbocycles. The van der Waals surface area contributed by atoms with Gasteiger partial charge in [0.15, 0.2) is 0 Å². The van der Waals surface area contributed by atoms with Gasteiger partial charge in [0.05, 0.1) is 24.6 Å². The second kappa shape index (κ2) is 7.04. The molecule has 124 valence electrons. The predicted molar refractivity (Wildman–Crippen MR) is 96.5 cm³/mol. The molecule has 1 heterocycles. The highest BCUT2D eigenvalue weighted by Gasteiger charge is 2.12. The predicted octanol–water partition coefficient (Wildman–Crippen LogP) is 3.82. The van der Waals surface area contributed by atoms with Crippen LogP contribution in [0.15, 0.2) is 42.7 Å². The van der Waals surface area contributed by atoms with Crippen molar-refractivity contribution in [2.75, 3.05) is 31.4 Å². The first kappa shape index (κ1) is 15.9. The number of hydrogen-bond donors (Lipinski definition) is 2. The average Bonchev–Trinajstić information content (AvgIpc) is 2.62. The number of aromatic nitrogens is 2. The van der Waals surface area contributed by atoms with Gasteiger partial charge in [0.2, 0.25) is 0 Å². The molecule has 0 atom stereocenters. The van der Waals surface area contributed by atoms with Crippen molar-refractivity contribution in [2.45, 2.75) is 6.92 Å². The Bertz CT molecular complexity index is 834. The van der Waals surface area contributed by atoms with Crippen molar-refractivity contribution in [3.05, 3.63) is 42.7 Å². The number of hydrogen-bond acceptors (Lipinski definition) is 6. The zero-order valence-electron chi connectivity index (χ0n) is 14.0. The summed E-state index contributed by atoms with van der Waals surface area (Å²) in [5.74, 6) is 2.09. The highest BCUT2D eigenvalue weighted by Crippen LogP contribution is 2.35. The normalized spacial score (nSPS) is 10.5. The van der Waals surface area contributed by atoms with Crippen molar-refractivity contribution in [3.8, 4) is 11.5 Å². The number of fused-ring (bicyclic) bond motifs is 1. The summed E-state index contributed by atoms with van der Waals surface area (Å²) in [6, 6.07) is 11.7. The molecule has 1 aromatic heterocycles. The highest BCUT2D eigenvalue weighted by atomic mass is 16.5. The van der Waals surface area contributed by atoms with Gasteiger partial charge < -0.3 is 20.1 Å². The molecule has 0 saturated heterocycles. The number of methoxy groups -OCH3 is 1. The zero-order valence-corrected chi connectivity index (χ0v) is 14.0. The van der Waals surface area contributed by atoms with Gasteiger partial charge in [0.25, 0.3) is 0 Å². The van der Waals surface area contributed by atoms with Crippen LogP contribution in [0.3, 0.4) is 0 Å². The second-order valence-electron chi connectivity index (χ2n) is 5.13. The minimum Gasteiger partial charge on any atom is -0.496 e. The third-order valence-electron chi connectivity index (χ3n) is 3.64. The summed E-state index contributed by atoms with van der Waals surface area (Å²) in [6.45, 7) is 2.53. The maximum absolute atomic E-state index is 5.57. The maximum atomic E-state index is 5.57. The molecule has 0 aliphatic carbocycles. The van der Waals surface area contributed by atoms with Crippen molar-refractivity contribution in [3.63, 3.8) is 0 Å². The molecule has 0 spiro atoms. The Balaban J connectivity index is 2.03. The van der Waals surface area contributed by atoms with E-state index in [-0.39, 0.29) is 0 Å². The van der Waals surface area contributed by atoms with Crippen LogP contribution in [0.25, 0.3) is 10.9 Å². The van der Waals surface area contributed by atoms with E-state index in [1.54, 1.807) is 7.11 Å². The molecule has 0 aliphatic rings. The van der Waals surface area contributed by atoms with Crippen LogP contribution in [0.4, 0.5) is 17.2 Å². The summed E-state index contributed by atoms with van der Waals surface area (Å²) >= 11 is 0. The Morgan fingerprint density at radius 3 is 2.46 bits per heavy atom. The van der Waals surface area contributed by atoms with Gasteiger partial charge in [-0.25, -0.2) is 9.97 Å². The molecule has 0 fully saturated rings. The fourth-order valence-electron chi connectivity index (χ4n) is 2.49. The van der Waals surface area contributed by atoms with E-state index in [0.29, 0.717) is 18.2 Å². The van der Waals surface area contributed by atoms with Gasteiger partial charge in [-0.05, 0) is 31.2 Å². The molecule has 2 N–H and O–H groups in total. The van der Waals surface area contributed by atoms with Crippen molar-refractivity contribution < 1.29 is 9.47 Å². The fraction of sp³-hybridized carbons (Fsp3) is 0.222. The Morgan fingerprint density at radius 2 is 1.79 bits per heavy atom. The van der Waals surface area contributed by atoms with Crippen molar-refractivity contribution in [1.29, 1.82) is 0 Å².